The number of methoxy groups -OCH3 is 2. The van der Waals surface area contributed by atoms with E-state index in [1.807, 2.05) is 17.0 Å². The first-order valence-electron chi connectivity index (χ1n) is 9.68. The Labute approximate surface area is 169 Å². The van der Waals surface area contributed by atoms with E-state index in [0.717, 1.165) is 30.8 Å². The molecule has 152 valence electrons. The van der Waals surface area contributed by atoms with Gasteiger partial charge in [-0.15, -0.1) is 0 Å². The van der Waals surface area contributed by atoms with Crippen molar-refractivity contribution in [1.82, 2.24) is 10.1 Å². The van der Waals surface area contributed by atoms with Gasteiger partial charge in [-0.05, 0) is 55.0 Å². The molecule has 7 nitrogen and oxygen atoms in total. The average Bonchev–Trinajstić information content (AvgIpc) is 3.45. The smallest absolute Gasteiger partial charge is 0.276 e. The summed E-state index contributed by atoms with van der Waals surface area (Å²) in [5, 5.41) is 3.92. The zero-order valence-corrected chi connectivity index (χ0v) is 16.6. The molecule has 1 fully saturated rings. The van der Waals surface area contributed by atoms with E-state index in [9.17, 15) is 4.79 Å². The molecule has 1 saturated heterocycles. The number of amides is 1. The average molecular weight is 396 g/mol. The highest BCUT2D eigenvalue weighted by molar-refractivity contribution is 5.93. The minimum Gasteiger partial charge on any atom is -0.493 e. The molecule has 1 aromatic carbocycles. The minimum absolute atomic E-state index is 0.101. The fraction of sp³-hybridized carbons (Fsp3) is 0.364. The van der Waals surface area contributed by atoms with Gasteiger partial charge in [0.1, 0.15) is 0 Å². The first-order chi connectivity index (χ1) is 14.2. The van der Waals surface area contributed by atoms with Gasteiger partial charge in [-0.3, -0.25) is 4.79 Å². The van der Waals surface area contributed by atoms with Gasteiger partial charge in [0, 0.05) is 19.2 Å². The Bertz CT molecular complexity index is 956. The van der Waals surface area contributed by atoms with Crippen LogP contribution in [-0.2, 0) is 6.42 Å². The lowest BCUT2D eigenvalue weighted by Crippen LogP contribution is -2.39. The summed E-state index contributed by atoms with van der Waals surface area (Å²) >= 11 is 0. The van der Waals surface area contributed by atoms with E-state index in [0.29, 0.717) is 36.2 Å². The van der Waals surface area contributed by atoms with Gasteiger partial charge in [-0.1, -0.05) is 11.2 Å². The van der Waals surface area contributed by atoms with E-state index in [-0.39, 0.29) is 5.91 Å². The third-order valence-electron chi connectivity index (χ3n) is 5.37. The molecule has 0 bridgehead atoms. The summed E-state index contributed by atoms with van der Waals surface area (Å²) < 4.78 is 21.2. The molecule has 0 aliphatic carbocycles. The number of aromatic nitrogens is 1. The van der Waals surface area contributed by atoms with Crippen LogP contribution in [0.1, 0.15) is 28.9 Å². The maximum absolute atomic E-state index is 12.7. The molecule has 1 aliphatic rings. The van der Waals surface area contributed by atoms with Gasteiger partial charge in [0.05, 0.1) is 20.5 Å². The summed E-state index contributed by atoms with van der Waals surface area (Å²) in [4.78, 5) is 14.6. The Hall–Kier alpha value is -3.22. The van der Waals surface area contributed by atoms with Gasteiger partial charge < -0.3 is 23.3 Å². The lowest BCUT2D eigenvalue weighted by atomic mass is 9.90. The molecule has 29 heavy (non-hydrogen) atoms. The molecular formula is C22H24N2O5. The van der Waals surface area contributed by atoms with Gasteiger partial charge in [-0.2, -0.15) is 0 Å². The van der Waals surface area contributed by atoms with Crippen LogP contribution >= 0.6 is 0 Å². The second kappa shape index (κ2) is 8.43. The van der Waals surface area contributed by atoms with Crippen LogP contribution in [0.25, 0.3) is 11.5 Å². The summed E-state index contributed by atoms with van der Waals surface area (Å²) in [6, 6.07) is 11.2. The Kier molecular flexibility index (Phi) is 5.55. The van der Waals surface area contributed by atoms with E-state index in [4.69, 9.17) is 18.4 Å². The van der Waals surface area contributed by atoms with Crippen molar-refractivity contribution in [2.24, 2.45) is 5.92 Å². The van der Waals surface area contributed by atoms with E-state index >= 15 is 0 Å². The van der Waals surface area contributed by atoms with E-state index in [1.54, 1.807) is 38.7 Å². The molecule has 4 rings (SSSR count). The van der Waals surface area contributed by atoms with Crippen molar-refractivity contribution in [3.8, 4) is 23.0 Å². The predicted octanol–water partition coefficient (Wildman–Crippen LogP) is 4.05. The molecule has 2 aromatic heterocycles. The SMILES string of the molecule is COc1ccc(CC2CCN(C(=O)c3cc(-c4ccco4)on3)CC2)cc1OC. The molecule has 1 aliphatic heterocycles. The van der Waals surface area contributed by atoms with Crippen molar-refractivity contribution in [2.45, 2.75) is 19.3 Å². The number of nitrogens with zero attached hydrogens (tertiary/aromatic N) is 2. The number of piperidine rings is 1. The zero-order valence-electron chi connectivity index (χ0n) is 16.6. The number of likely N-dealkylation sites (tertiary alicyclic amines) is 1. The molecule has 3 aromatic rings. The molecule has 1 amide bonds. The Balaban J connectivity index is 1.34. The number of benzene rings is 1. The Morgan fingerprint density at radius 1 is 1.10 bits per heavy atom. The first kappa shape index (κ1) is 19.1. The zero-order chi connectivity index (χ0) is 20.2. The summed E-state index contributed by atoms with van der Waals surface area (Å²) in [7, 11) is 3.28. The van der Waals surface area contributed by atoms with Crippen LogP contribution in [0.4, 0.5) is 0 Å². The number of carbonyl (C=O) groups is 1. The molecule has 0 N–H and O–H groups in total. The largest absolute Gasteiger partial charge is 0.493 e. The van der Waals surface area contributed by atoms with Gasteiger partial charge in [0.2, 0.25) is 5.76 Å². The maximum Gasteiger partial charge on any atom is 0.276 e. The van der Waals surface area contributed by atoms with Crippen molar-refractivity contribution in [2.75, 3.05) is 27.3 Å². The van der Waals surface area contributed by atoms with Gasteiger partial charge >= 0.3 is 0 Å². The van der Waals surface area contributed by atoms with Crippen molar-refractivity contribution in [3.63, 3.8) is 0 Å². The molecule has 0 radical (unpaired) electrons. The lowest BCUT2D eigenvalue weighted by Gasteiger charge is -2.31. The van der Waals surface area contributed by atoms with Crippen molar-refractivity contribution in [3.05, 3.63) is 53.9 Å². The predicted molar refractivity (Wildman–Crippen MR) is 106 cm³/mol. The number of hydrogen-bond donors (Lipinski definition) is 0. The first-order valence-corrected chi connectivity index (χ1v) is 9.68. The summed E-state index contributed by atoms with van der Waals surface area (Å²) in [5.74, 6) is 2.92. The summed E-state index contributed by atoms with van der Waals surface area (Å²) in [6.45, 7) is 1.42. The third-order valence-corrected chi connectivity index (χ3v) is 5.37. The number of carbonyl (C=O) groups excluding carboxylic acids is 1. The minimum atomic E-state index is -0.101. The molecular weight excluding hydrogens is 372 g/mol. The maximum atomic E-state index is 12.7. The Morgan fingerprint density at radius 2 is 1.90 bits per heavy atom. The number of rotatable bonds is 6. The molecule has 0 unspecified atom stereocenters. The van der Waals surface area contributed by atoms with Crippen LogP contribution in [0.5, 0.6) is 11.5 Å². The summed E-state index contributed by atoms with van der Waals surface area (Å²) in [6.07, 6.45) is 4.41. The number of hydrogen-bond acceptors (Lipinski definition) is 6. The van der Waals surface area contributed by atoms with Crippen LogP contribution < -0.4 is 9.47 Å². The van der Waals surface area contributed by atoms with Gasteiger partial charge in [0.25, 0.3) is 5.91 Å². The van der Waals surface area contributed by atoms with Crippen molar-refractivity contribution >= 4 is 5.91 Å². The normalized spacial score (nSPS) is 14.8. The quantitative estimate of drug-likeness (QED) is 0.626. The van der Waals surface area contributed by atoms with E-state index < -0.39 is 0 Å². The second-order valence-corrected chi connectivity index (χ2v) is 7.18. The van der Waals surface area contributed by atoms with Crippen LogP contribution in [0.15, 0.2) is 51.6 Å². The molecule has 0 spiro atoms. The number of ether oxygens (including phenoxy) is 2. The van der Waals surface area contributed by atoms with Crippen LogP contribution in [0, 0.1) is 5.92 Å². The Morgan fingerprint density at radius 3 is 2.59 bits per heavy atom. The second-order valence-electron chi connectivity index (χ2n) is 7.18. The topological polar surface area (TPSA) is 77.9 Å². The van der Waals surface area contributed by atoms with E-state index in [1.165, 1.54) is 5.56 Å². The van der Waals surface area contributed by atoms with E-state index in [2.05, 4.69) is 11.2 Å². The standard InChI is InChI=1S/C22H24N2O5/c1-26-18-6-5-16(13-20(18)27-2)12-15-7-9-24(10-8-15)22(25)17-14-21(29-23-17)19-4-3-11-28-19/h3-6,11,13-15H,7-10,12H2,1-2H3. The highest BCUT2D eigenvalue weighted by Crippen LogP contribution is 2.30. The third kappa shape index (κ3) is 4.13. The monoisotopic (exact) mass is 396 g/mol. The lowest BCUT2D eigenvalue weighted by molar-refractivity contribution is 0.0680. The van der Waals surface area contributed by atoms with Crippen molar-refractivity contribution < 1.29 is 23.2 Å². The highest BCUT2D eigenvalue weighted by atomic mass is 16.5. The van der Waals surface area contributed by atoms with Crippen LogP contribution in [0.2, 0.25) is 0 Å². The molecule has 3 heterocycles. The fourth-order valence-corrected chi connectivity index (χ4v) is 3.75. The van der Waals surface area contributed by atoms with Crippen LogP contribution in [-0.4, -0.2) is 43.3 Å². The fourth-order valence-electron chi connectivity index (χ4n) is 3.75. The molecule has 7 heteroatoms. The highest BCUT2D eigenvalue weighted by Gasteiger charge is 2.26. The van der Waals surface area contributed by atoms with Gasteiger partial charge in [0.15, 0.2) is 23.0 Å². The van der Waals surface area contributed by atoms with Crippen LogP contribution in [0.3, 0.4) is 0 Å². The molecule has 0 saturated carbocycles. The number of furan rings is 1. The molecule has 0 atom stereocenters. The summed E-state index contributed by atoms with van der Waals surface area (Å²) in [5.41, 5.74) is 1.53. The van der Waals surface area contributed by atoms with Gasteiger partial charge in [-0.25, -0.2) is 0 Å². The van der Waals surface area contributed by atoms with Crippen molar-refractivity contribution in [1.29, 1.82) is 0 Å².